The van der Waals surface area contributed by atoms with Gasteiger partial charge in [-0.3, -0.25) is 4.98 Å². The Bertz CT molecular complexity index is 392. The molecule has 0 bridgehead atoms. The van der Waals surface area contributed by atoms with E-state index in [0.717, 1.165) is 5.69 Å². The summed E-state index contributed by atoms with van der Waals surface area (Å²) in [6.45, 7) is 2.03. The van der Waals surface area contributed by atoms with Gasteiger partial charge in [0.25, 0.3) is 0 Å². The number of H-pyrrole nitrogens is 1. The van der Waals surface area contributed by atoms with Crippen molar-refractivity contribution in [3.05, 3.63) is 27.7 Å². The van der Waals surface area contributed by atoms with Crippen LogP contribution in [0.5, 0.6) is 0 Å². The maximum Gasteiger partial charge on any atom is 0.0498 e. The fraction of sp³-hybridized carbons (Fsp3) is 0.125. The molecule has 0 saturated heterocycles. The number of hydrogen-bond donors (Lipinski definition) is 1. The van der Waals surface area contributed by atoms with Crippen LogP contribution < -0.4 is 0 Å². The summed E-state index contributed by atoms with van der Waals surface area (Å²) in [6, 6.07) is 1.99. The van der Waals surface area contributed by atoms with E-state index in [2.05, 4.69) is 32.6 Å². The van der Waals surface area contributed by atoms with Crippen LogP contribution in [0.4, 0.5) is 0 Å². The first-order valence-corrected chi connectivity index (χ1v) is 4.45. The van der Waals surface area contributed by atoms with E-state index in [9.17, 15) is 0 Å². The number of nitrogens with zero attached hydrogens (tertiary/aromatic N) is 1. The van der Waals surface area contributed by atoms with E-state index in [0.29, 0.717) is 0 Å². The fourth-order valence-corrected chi connectivity index (χ4v) is 2.04. The minimum atomic E-state index is 1.09. The Hall–Kier alpha value is -0.580. The molecule has 0 atom stereocenters. The predicted molar refractivity (Wildman–Crippen MR) is 53.5 cm³/mol. The molecule has 0 spiro atoms. The van der Waals surface area contributed by atoms with E-state index in [1.54, 1.807) is 0 Å². The van der Waals surface area contributed by atoms with Gasteiger partial charge in [0.1, 0.15) is 0 Å². The molecule has 0 fully saturated rings. The number of pyridine rings is 1. The summed E-state index contributed by atoms with van der Waals surface area (Å²) in [5.74, 6) is 0. The lowest BCUT2D eigenvalue weighted by atomic mass is 10.2. The Morgan fingerprint density at radius 2 is 2.36 bits per heavy atom. The summed E-state index contributed by atoms with van der Waals surface area (Å²) < 4.78 is 1.24. The molecule has 0 aliphatic heterocycles. The maximum atomic E-state index is 4.22. The summed E-state index contributed by atoms with van der Waals surface area (Å²) in [5.41, 5.74) is 2.26. The predicted octanol–water partition coefficient (Wildman–Crippen LogP) is 2.48. The Morgan fingerprint density at radius 3 is 3.09 bits per heavy atom. The Labute approximate surface area is 78.2 Å². The average molecular weight is 258 g/mol. The topological polar surface area (TPSA) is 28.7 Å². The number of aromatic nitrogens is 2. The zero-order valence-corrected chi connectivity index (χ0v) is 8.21. The molecule has 0 unspecified atom stereocenters. The minimum absolute atomic E-state index is 1.09. The molecule has 0 radical (unpaired) electrons. The Balaban J connectivity index is 2.96. The summed E-state index contributed by atoms with van der Waals surface area (Å²) in [4.78, 5) is 7.40. The molecular weight excluding hydrogens is 251 g/mol. The number of nitrogens with one attached hydrogen (secondary N) is 1. The van der Waals surface area contributed by atoms with Crippen LogP contribution in [-0.4, -0.2) is 9.97 Å². The van der Waals surface area contributed by atoms with Crippen molar-refractivity contribution in [1.29, 1.82) is 0 Å². The lowest BCUT2D eigenvalue weighted by molar-refractivity contribution is 1.23. The summed E-state index contributed by atoms with van der Waals surface area (Å²) in [5, 5.41) is 1.24. The molecule has 0 aliphatic rings. The average Bonchev–Trinajstić information content (AvgIpc) is 2.34. The fourth-order valence-electron chi connectivity index (χ4n) is 1.20. The van der Waals surface area contributed by atoms with Crippen LogP contribution in [0.1, 0.15) is 5.69 Å². The highest BCUT2D eigenvalue weighted by molar-refractivity contribution is 14.1. The van der Waals surface area contributed by atoms with Gasteiger partial charge in [0.2, 0.25) is 0 Å². The minimum Gasteiger partial charge on any atom is -0.360 e. The maximum absolute atomic E-state index is 4.22. The quantitative estimate of drug-likeness (QED) is 0.722. The van der Waals surface area contributed by atoms with Gasteiger partial charge < -0.3 is 4.98 Å². The second-order valence-electron chi connectivity index (χ2n) is 2.46. The van der Waals surface area contributed by atoms with Gasteiger partial charge in [0.05, 0.1) is 0 Å². The molecule has 2 aromatic heterocycles. The van der Waals surface area contributed by atoms with Crippen LogP contribution in [0.25, 0.3) is 10.9 Å². The first-order chi connectivity index (χ1) is 5.29. The smallest absolute Gasteiger partial charge is 0.0498 e. The first-order valence-electron chi connectivity index (χ1n) is 3.37. The van der Waals surface area contributed by atoms with E-state index in [-0.39, 0.29) is 0 Å². The monoisotopic (exact) mass is 258 g/mol. The third-order valence-corrected chi connectivity index (χ3v) is 2.58. The van der Waals surface area contributed by atoms with Crippen LogP contribution in [0.2, 0.25) is 0 Å². The van der Waals surface area contributed by atoms with Gasteiger partial charge in [-0.25, -0.2) is 0 Å². The Morgan fingerprint density at radius 1 is 1.55 bits per heavy atom. The van der Waals surface area contributed by atoms with Crippen molar-refractivity contribution in [2.24, 2.45) is 0 Å². The normalized spacial score (nSPS) is 10.7. The van der Waals surface area contributed by atoms with Crippen molar-refractivity contribution < 1.29 is 0 Å². The van der Waals surface area contributed by atoms with Crippen molar-refractivity contribution in [3.8, 4) is 0 Å². The van der Waals surface area contributed by atoms with E-state index >= 15 is 0 Å². The summed E-state index contributed by atoms with van der Waals surface area (Å²) in [7, 11) is 0. The number of fused-ring (bicyclic) bond motifs is 1. The van der Waals surface area contributed by atoms with Crippen molar-refractivity contribution in [3.63, 3.8) is 0 Å². The van der Waals surface area contributed by atoms with E-state index < -0.39 is 0 Å². The molecule has 2 aromatic rings. The molecule has 2 rings (SSSR count). The van der Waals surface area contributed by atoms with Crippen LogP contribution in [0.3, 0.4) is 0 Å². The van der Waals surface area contributed by atoms with Crippen molar-refractivity contribution in [2.45, 2.75) is 6.92 Å². The SMILES string of the molecule is Cc1nccc2[nH]cc(I)c12. The zero-order chi connectivity index (χ0) is 7.84. The van der Waals surface area contributed by atoms with Gasteiger partial charge in [-0.2, -0.15) is 0 Å². The summed E-state index contributed by atoms with van der Waals surface area (Å²) in [6.07, 6.45) is 3.82. The van der Waals surface area contributed by atoms with E-state index in [1.807, 2.05) is 25.4 Å². The van der Waals surface area contributed by atoms with Crippen LogP contribution in [-0.2, 0) is 0 Å². The van der Waals surface area contributed by atoms with E-state index in [4.69, 9.17) is 0 Å². The first kappa shape index (κ1) is 7.09. The lowest BCUT2D eigenvalue weighted by Crippen LogP contribution is -1.80. The largest absolute Gasteiger partial charge is 0.360 e. The standard InChI is InChI=1S/C8H7IN2/c1-5-8-6(9)4-11-7(8)2-3-10-5/h2-4,11H,1H3. The molecule has 2 heterocycles. The van der Waals surface area contributed by atoms with Crippen LogP contribution in [0, 0.1) is 10.5 Å². The van der Waals surface area contributed by atoms with Gasteiger partial charge in [-0.15, -0.1) is 0 Å². The molecule has 0 aromatic carbocycles. The van der Waals surface area contributed by atoms with Crippen molar-refractivity contribution in [1.82, 2.24) is 9.97 Å². The van der Waals surface area contributed by atoms with Crippen molar-refractivity contribution >= 4 is 33.5 Å². The van der Waals surface area contributed by atoms with Gasteiger partial charge in [-0.1, -0.05) is 0 Å². The zero-order valence-electron chi connectivity index (χ0n) is 6.06. The molecular formula is C8H7IN2. The number of halogens is 1. The second kappa shape index (κ2) is 2.48. The molecule has 0 aliphatic carbocycles. The third-order valence-electron chi connectivity index (χ3n) is 1.73. The molecule has 1 N–H and O–H groups in total. The lowest BCUT2D eigenvalue weighted by Gasteiger charge is -1.93. The number of aromatic amines is 1. The number of rotatable bonds is 0. The second-order valence-corrected chi connectivity index (χ2v) is 3.62. The Kier molecular flexibility index (Phi) is 1.60. The van der Waals surface area contributed by atoms with Gasteiger partial charge >= 0.3 is 0 Å². The van der Waals surface area contributed by atoms with Gasteiger partial charge in [0.15, 0.2) is 0 Å². The molecule has 3 heteroatoms. The third kappa shape index (κ3) is 1.03. The molecule has 0 amide bonds. The van der Waals surface area contributed by atoms with Gasteiger partial charge in [0, 0.05) is 32.6 Å². The molecule has 0 saturated carbocycles. The van der Waals surface area contributed by atoms with Crippen molar-refractivity contribution in [2.75, 3.05) is 0 Å². The highest BCUT2D eigenvalue weighted by Gasteiger charge is 2.02. The highest BCUT2D eigenvalue weighted by atomic mass is 127. The molecule has 2 nitrogen and oxygen atoms in total. The van der Waals surface area contributed by atoms with Crippen LogP contribution >= 0.6 is 22.6 Å². The highest BCUT2D eigenvalue weighted by Crippen LogP contribution is 2.21. The number of hydrogen-bond acceptors (Lipinski definition) is 1. The molecule has 56 valence electrons. The van der Waals surface area contributed by atoms with Crippen LogP contribution in [0.15, 0.2) is 18.5 Å². The summed E-state index contributed by atoms with van der Waals surface area (Å²) >= 11 is 2.31. The molecule has 11 heavy (non-hydrogen) atoms. The van der Waals surface area contributed by atoms with E-state index in [1.165, 1.54) is 14.5 Å². The van der Waals surface area contributed by atoms with Gasteiger partial charge in [-0.05, 0) is 35.6 Å². The number of aryl methyl sites for hydroxylation is 1.